The van der Waals surface area contributed by atoms with Crippen LogP contribution < -0.4 is 5.32 Å². The smallest absolute Gasteiger partial charge is 0.246 e. The zero-order valence-electron chi connectivity index (χ0n) is 15.2. The number of fused-ring (bicyclic) bond motifs is 1. The fourth-order valence-electron chi connectivity index (χ4n) is 3.29. The lowest BCUT2D eigenvalue weighted by molar-refractivity contribution is -0.126. The first kappa shape index (κ1) is 17.9. The van der Waals surface area contributed by atoms with Crippen molar-refractivity contribution in [2.45, 2.75) is 45.3 Å². The number of rotatable bonds is 7. The molecule has 0 spiro atoms. The molecule has 0 atom stereocenters. The molecule has 0 aliphatic carbocycles. The van der Waals surface area contributed by atoms with Gasteiger partial charge in [-0.3, -0.25) is 9.69 Å². The van der Waals surface area contributed by atoms with Gasteiger partial charge < -0.3 is 15.0 Å². The van der Waals surface area contributed by atoms with Crippen molar-refractivity contribution in [2.75, 3.05) is 26.2 Å². The molecule has 25 heavy (non-hydrogen) atoms. The molecule has 1 aromatic heterocycles. The number of likely N-dealkylation sites (tertiary alicyclic amines) is 1. The van der Waals surface area contributed by atoms with Gasteiger partial charge in [0.25, 0.3) is 0 Å². The first-order chi connectivity index (χ1) is 12.0. The number of piperidine rings is 1. The summed E-state index contributed by atoms with van der Waals surface area (Å²) in [6, 6.07) is 7.83. The van der Waals surface area contributed by atoms with Crippen molar-refractivity contribution in [1.29, 1.82) is 0 Å². The SMILES string of the molecule is CC(C)(CNC(=O)COCc1nc2ccccc2[nH]1)N1CCCCC1. The van der Waals surface area contributed by atoms with Crippen LogP contribution >= 0.6 is 0 Å². The van der Waals surface area contributed by atoms with Crippen LogP contribution in [-0.2, 0) is 16.1 Å². The number of imidazole rings is 1. The molecule has 0 radical (unpaired) electrons. The third-order valence-electron chi connectivity index (χ3n) is 4.84. The maximum absolute atomic E-state index is 12.0. The number of hydrogen-bond acceptors (Lipinski definition) is 4. The summed E-state index contributed by atoms with van der Waals surface area (Å²) in [4.78, 5) is 22.1. The van der Waals surface area contributed by atoms with E-state index in [0.29, 0.717) is 13.2 Å². The van der Waals surface area contributed by atoms with Gasteiger partial charge in [-0.05, 0) is 51.9 Å². The average molecular weight is 344 g/mol. The molecular formula is C19H28N4O2. The summed E-state index contributed by atoms with van der Waals surface area (Å²) in [6.45, 7) is 7.60. The number of benzene rings is 1. The fraction of sp³-hybridized carbons (Fsp3) is 0.579. The third kappa shape index (κ3) is 4.80. The van der Waals surface area contributed by atoms with Gasteiger partial charge in [0, 0.05) is 12.1 Å². The Morgan fingerprint density at radius 2 is 2.04 bits per heavy atom. The number of carbonyl (C=O) groups excluding carboxylic acids is 1. The van der Waals surface area contributed by atoms with Gasteiger partial charge >= 0.3 is 0 Å². The van der Waals surface area contributed by atoms with Crippen LogP contribution in [0.25, 0.3) is 11.0 Å². The Bertz CT molecular complexity index is 671. The van der Waals surface area contributed by atoms with E-state index in [9.17, 15) is 4.79 Å². The van der Waals surface area contributed by atoms with Gasteiger partial charge in [0.2, 0.25) is 5.91 Å². The van der Waals surface area contributed by atoms with Crippen molar-refractivity contribution in [1.82, 2.24) is 20.2 Å². The van der Waals surface area contributed by atoms with Gasteiger partial charge in [0.05, 0.1) is 11.0 Å². The molecule has 0 unspecified atom stereocenters. The molecule has 3 rings (SSSR count). The van der Waals surface area contributed by atoms with Crippen LogP contribution in [0.4, 0.5) is 0 Å². The number of aromatic amines is 1. The summed E-state index contributed by atoms with van der Waals surface area (Å²) in [5.41, 5.74) is 1.87. The Kier molecular flexibility index (Phi) is 5.71. The maximum atomic E-state index is 12.0. The Labute approximate surface area is 149 Å². The van der Waals surface area contributed by atoms with E-state index in [-0.39, 0.29) is 18.1 Å². The van der Waals surface area contributed by atoms with Crippen molar-refractivity contribution in [3.8, 4) is 0 Å². The minimum absolute atomic E-state index is 0.0190. The van der Waals surface area contributed by atoms with Crippen LogP contribution in [0.3, 0.4) is 0 Å². The van der Waals surface area contributed by atoms with E-state index in [2.05, 4.69) is 34.0 Å². The van der Waals surface area contributed by atoms with Crippen LogP contribution in [0.5, 0.6) is 0 Å². The van der Waals surface area contributed by atoms with Crippen LogP contribution in [-0.4, -0.2) is 52.6 Å². The lowest BCUT2D eigenvalue weighted by atomic mass is 9.98. The van der Waals surface area contributed by atoms with Gasteiger partial charge in [-0.25, -0.2) is 4.98 Å². The summed E-state index contributed by atoms with van der Waals surface area (Å²) >= 11 is 0. The van der Waals surface area contributed by atoms with E-state index in [1.807, 2.05) is 24.3 Å². The van der Waals surface area contributed by atoms with E-state index in [4.69, 9.17) is 4.74 Å². The summed E-state index contributed by atoms with van der Waals surface area (Å²) < 4.78 is 5.50. The molecule has 1 fully saturated rings. The number of nitrogens with one attached hydrogen (secondary N) is 2. The van der Waals surface area contributed by atoms with E-state index in [1.54, 1.807) is 0 Å². The Balaban J connectivity index is 1.40. The quantitative estimate of drug-likeness (QED) is 0.809. The van der Waals surface area contributed by atoms with Gasteiger partial charge in [-0.15, -0.1) is 0 Å². The molecule has 2 heterocycles. The highest BCUT2D eigenvalue weighted by molar-refractivity contribution is 5.77. The topological polar surface area (TPSA) is 70.2 Å². The second-order valence-corrected chi connectivity index (χ2v) is 7.33. The predicted molar refractivity (Wildman–Crippen MR) is 98.3 cm³/mol. The van der Waals surface area contributed by atoms with Gasteiger partial charge in [-0.2, -0.15) is 0 Å². The number of amides is 1. The number of H-pyrrole nitrogens is 1. The number of ether oxygens (including phenoxy) is 1. The third-order valence-corrected chi connectivity index (χ3v) is 4.84. The Hall–Kier alpha value is -1.92. The van der Waals surface area contributed by atoms with E-state index >= 15 is 0 Å². The van der Waals surface area contributed by atoms with Gasteiger partial charge in [0.1, 0.15) is 19.0 Å². The predicted octanol–water partition coefficient (Wildman–Crippen LogP) is 2.46. The second kappa shape index (κ2) is 7.97. The van der Waals surface area contributed by atoms with E-state index < -0.39 is 0 Å². The van der Waals surface area contributed by atoms with Crippen molar-refractivity contribution in [3.63, 3.8) is 0 Å². The molecule has 0 saturated carbocycles. The highest BCUT2D eigenvalue weighted by Gasteiger charge is 2.28. The summed E-state index contributed by atoms with van der Waals surface area (Å²) in [5.74, 6) is 0.656. The van der Waals surface area contributed by atoms with Crippen molar-refractivity contribution in [3.05, 3.63) is 30.1 Å². The van der Waals surface area contributed by atoms with Crippen molar-refractivity contribution < 1.29 is 9.53 Å². The molecule has 6 nitrogen and oxygen atoms in total. The molecule has 1 aromatic carbocycles. The molecule has 2 aromatic rings. The largest absolute Gasteiger partial charge is 0.364 e. The molecule has 6 heteroatoms. The summed E-state index contributed by atoms with van der Waals surface area (Å²) in [7, 11) is 0. The van der Waals surface area contributed by atoms with E-state index in [1.165, 1.54) is 19.3 Å². The second-order valence-electron chi connectivity index (χ2n) is 7.33. The molecule has 1 amide bonds. The monoisotopic (exact) mass is 344 g/mol. The number of hydrogen-bond donors (Lipinski definition) is 2. The number of carbonyl (C=O) groups is 1. The Morgan fingerprint density at radius 1 is 1.28 bits per heavy atom. The van der Waals surface area contributed by atoms with Crippen molar-refractivity contribution in [2.24, 2.45) is 0 Å². The highest BCUT2D eigenvalue weighted by atomic mass is 16.5. The van der Waals surface area contributed by atoms with Crippen molar-refractivity contribution >= 4 is 16.9 Å². The molecule has 1 aliphatic rings. The average Bonchev–Trinajstić information content (AvgIpc) is 3.03. The van der Waals surface area contributed by atoms with Gasteiger partial charge in [-0.1, -0.05) is 18.6 Å². The molecule has 2 N–H and O–H groups in total. The first-order valence-electron chi connectivity index (χ1n) is 9.08. The number of aromatic nitrogens is 2. The summed E-state index contributed by atoms with van der Waals surface area (Å²) in [6.07, 6.45) is 3.81. The van der Waals surface area contributed by atoms with Gasteiger partial charge in [0.15, 0.2) is 0 Å². The molecular weight excluding hydrogens is 316 g/mol. The Morgan fingerprint density at radius 3 is 2.80 bits per heavy atom. The zero-order chi connectivity index (χ0) is 17.7. The van der Waals surface area contributed by atoms with Crippen LogP contribution in [0.15, 0.2) is 24.3 Å². The molecule has 1 saturated heterocycles. The fourth-order valence-corrected chi connectivity index (χ4v) is 3.29. The maximum Gasteiger partial charge on any atom is 0.246 e. The lowest BCUT2D eigenvalue weighted by Crippen LogP contribution is -2.53. The molecule has 136 valence electrons. The molecule has 0 bridgehead atoms. The first-order valence-corrected chi connectivity index (χ1v) is 9.08. The van der Waals surface area contributed by atoms with Crippen LogP contribution in [0, 0.1) is 0 Å². The minimum atomic E-state index is -0.0822. The minimum Gasteiger partial charge on any atom is -0.364 e. The standard InChI is InChI=1S/C19H28N4O2/c1-19(2,23-10-6-3-7-11-23)14-20-18(24)13-25-12-17-21-15-8-4-5-9-16(15)22-17/h4-5,8-9H,3,6-7,10-14H2,1-2H3,(H,20,24)(H,21,22). The number of para-hydroxylation sites is 2. The van der Waals surface area contributed by atoms with E-state index in [0.717, 1.165) is 29.9 Å². The number of nitrogens with zero attached hydrogens (tertiary/aromatic N) is 2. The molecule has 1 aliphatic heterocycles. The lowest BCUT2D eigenvalue weighted by Gasteiger charge is -2.41. The zero-order valence-corrected chi connectivity index (χ0v) is 15.2. The highest BCUT2D eigenvalue weighted by Crippen LogP contribution is 2.19. The van der Waals surface area contributed by atoms with Crippen LogP contribution in [0.1, 0.15) is 38.9 Å². The normalized spacial score (nSPS) is 16.2. The summed E-state index contributed by atoms with van der Waals surface area (Å²) in [5, 5.41) is 3.00. The van der Waals surface area contributed by atoms with Crippen LogP contribution in [0.2, 0.25) is 0 Å².